The molecular formula is C9H12FNS. The lowest BCUT2D eigenvalue weighted by molar-refractivity contribution is 0.626. The summed E-state index contributed by atoms with van der Waals surface area (Å²) in [5.74, 6) is -0.214. The fraction of sp³-hybridized carbons (Fsp3) is 0.333. The molecule has 0 aliphatic rings. The van der Waals surface area contributed by atoms with Crippen LogP contribution in [0.25, 0.3) is 0 Å². The van der Waals surface area contributed by atoms with Gasteiger partial charge in [0.1, 0.15) is 5.82 Å². The molecule has 0 saturated heterocycles. The molecule has 0 amide bonds. The minimum Gasteiger partial charge on any atom is -0.317 e. The second-order valence-corrected chi connectivity index (χ2v) is 4.89. The van der Waals surface area contributed by atoms with E-state index in [4.69, 9.17) is 5.73 Å². The number of benzene rings is 1. The number of hydrogen-bond acceptors (Lipinski definition) is 2. The molecule has 1 rings (SSSR count). The Labute approximate surface area is 76.2 Å². The average molecular weight is 185 g/mol. The van der Waals surface area contributed by atoms with E-state index in [1.165, 1.54) is 23.9 Å². The SMILES string of the molecule is CC(C)(N)Sc1ccc(F)cc1. The second kappa shape index (κ2) is 3.46. The molecule has 1 nitrogen and oxygen atoms in total. The lowest BCUT2D eigenvalue weighted by Gasteiger charge is -2.17. The van der Waals surface area contributed by atoms with Crippen molar-refractivity contribution in [2.75, 3.05) is 0 Å². The van der Waals surface area contributed by atoms with E-state index in [9.17, 15) is 4.39 Å². The molecule has 0 spiro atoms. The average Bonchev–Trinajstić information content (AvgIpc) is 1.91. The van der Waals surface area contributed by atoms with Gasteiger partial charge < -0.3 is 5.73 Å². The summed E-state index contributed by atoms with van der Waals surface area (Å²) >= 11 is 1.52. The predicted molar refractivity (Wildman–Crippen MR) is 50.5 cm³/mol. The van der Waals surface area contributed by atoms with E-state index < -0.39 is 0 Å². The summed E-state index contributed by atoms with van der Waals surface area (Å²) in [6.07, 6.45) is 0. The van der Waals surface area contributed by atoms with Crippen LogP contribution in [-0.2, 0) is 0 Å². The van der Waals surface area contributed by atoms with Crippen molar-refractivity contribution in [3.63, 3.8) is 0 Å². The zero-order chi connectivity index (χ0) is 9.19. The van der Waals surface area contributed by atoms with Crippen LogP contribution in [0, 0.1) is 5.82 Å². The standard InChI is InChI=1S/C9H12FNS/c1-9(2,11)12-8-5-3-7(10)4-6-8/h3-6H,11H2,1-2H3. The summed E-state index contributed by atoms with van der Waals surface area (Å²) in [7, 11) is 0. The van der Waals surface area contributed by atoms with Crippen LogP contribution in [0.1, 0.15) is 13.8 Å². The van der Waals surface area contributed by atoms with E-state index in [1.807, 2.05) is 13.8 Å². The topological polar surface area (TPSA) is 26.0 Å². The van der Waals surface area contributed by atoms with Crippen molar-refractivity contribution in [1.82, 2.24) is 0 Å². The van der Waals surface area contributed by atoms with Crippen LogP contribution in [0.3, 0.4) is 0 Å². The smallest absolute Gasteiger partial charge is 0.123 e. The third-order valence-corrected chi connectivity index (χ3v) is 2.23. The van der Waals surface area contributed by atoms with Gasteiger partial charge in [-0.25, -0.2) is 4.39 Å². The van der Waals surface area contributed by atoms with Gasteiger partial charge in [-0.15, -0.1) is 11.8 Å². The van der Waals surface area contributed by atoms with Crippen molar-refractivity contribution in [1.29, 1.82) is 0 Å². The van der Waals surface area contributed by atoms with Crippen LogP contribution in [0.15, 0.2) is 29.2 Å². The zero-order valence-electron chi connectivity index (χ0n) is 7.17. The Hall–Kier alpha value is -0.540. The molecule has 0 unspecified atom stereocenters. The number of rotatable bonds is 2. The molecule has 0 aliphatic carbocycles. The van der Waals surface area contributed by atoms with Crippen molar-refractivity contribution in [2.24, 2.45) is 5.73 Å². The van der Waals surface area contributed by atoms with Gasteiger partial charge in [-0.3, -0.25) is 0 Å². The molecule has 3 heteroatoms. The third kappa shape index (κ3) is 3.24. The molecule has 0 aliphatic heterocycles. The maximum atomic E-state index is 12.5. The van der Waals surface area contributed by atoms with Crippen molar-refractivity contribution in [2.45, 2.75) is 23.6 Å². The van der Waals surface area contributed by atoms with Gasteiger partial charge in [-0.2, -0.15) is 0 Å². The van der Waals surface area contributed by atoms with E-state index >= 15 is 0 Å². The Morgan fingerprint density at radius 3 is 2.17 bits per heavy atom. The minimum absolute atomic E-state index is 0.214. The van der Waals surface area contributed by atoms with Gasteiger partial charge in [-0.05, 0) is 38.1 Å². The van der Waals surface area contributed by atoms with E-state index in [0.717, 1.165) is 4.90 Å². The highest BCUT2D eigenvalue weighted by Crippen LogP contribution is 2.27. The lowest BCUT2D eigenvalue weighted by atomic mass is 10.3. The molecular weight excluding hydrogens is 173 g/mol. The molecule has 66 valence electrons. The van der Waals surface area contributed by atoms with Gasteiger partial charge in [0.25, 0.3) is 0 Å². The van der Waals surface area contributed by atoms with Gasteiger partial charge >= 0.3 is 0 Å². The highest BCUT2D eigenvalue weighted by molar-refractivity contribution is 8.00. The first kappa shape index (κ1) is 9.55. The second-order valence-electron chi connectivity index (χ2n) is 3.16. The van der Waals surface area contributed by atoms with Crippen LogP contribution >= 0.6 is 11.8 Å². The Balaban J connectivity index is 2.71. The van der Waals surface area contributed by atoms with Crippen LogP contribution in [0.2, 0.25) is 0 Å². The Morgan fingerprint density at radius 2 is 1.75 bits per heavy atom. The fourth-order valence-electron chi connectivity index (χ4n) is 0.806. The summed E-state index contributed by atoms with van der Waals surface area (Å²) in [6.45, 7) is 3.84. The molecule has 2 N–H and O–H groups in total. The Kier molecular flexibility index (Phi) is 2.75. The third-order valence-electron chi connectivity index (χ3n) is 1.19. The number of nitrogens with two attached hydrogens (primary N) is 1. The van der Waals surface area contributed by atoms with Crippen LogP contribution in [0.5, 0.6) is 0 Å². The van der Waals surface area contributed by atoms with Crippen molar-refractivity contribution in [3.05, 3.63) is 30.1 Å². The van der Waals surface area contributed by atoms with Crippen molar-refractivity contribution in [3.8, 4) is 0 Å². The number of hydrogen-bond donors (Lipinski definition) is 1. The molecule has 1 aromatic rings. The van der Waals surface area contributed by atoms with Crippen molar-refractivity contribution >= 4 is 11.8 Å². The molecule has 12 heavy (non-hydrogen) atoms. The summed E-state index contributed by atoms with van der Waals surface area (Å²) in [4.78, 5) is 0.682. The minimum atomic E-state index is -0.308. The molecule has 0 saturated carbocycles. The largest absolute Gasteiger partial charge is 0.317 e. The van der Waals surface area contributed by atoms with E-state index in [2.05, 4.69) is 0 Å². The quantitative estimate of drug-likeness (QED) is 0.566. The number of halogens is 1. The molecule has 0 aromatic heterocycles. The van der Waals surface area contributed by atoms with Crippen LogP contribution < -0.4 is 5.73 Å². The van der Waals surface area contributed by atoms with Crippen LogP contribution in [-0.4, -0.2) is 4.87 Å². The Bertz CT molecular complexity index is 250. The maximum absolute atomic E-state index is 12.5. The fourth-order valence-corrected chi connectivity index (χ4v) is 1.69. The summed E-state index contributed by atoms with van der Waals surface area (Å²) in [6, 6.07) is 6.34. The summed E-state index contributed by atoms with van der Waals surface area (Å²) in [5.41, 5.74) is 5.77. The first-order valence-corrected chi connectivity index (χ1v) is 4.52. The van der Waals surface area contributed by atoms with E-state index in [1.54, 1.807) is 12.1 Å². The number of thioether (sulfide) groups is 1. The summed E-state index contributed by atoms with van der Waals surface area (Å²) < 4.78 is 12.5. The molecule has 0 bridgehead atoms. The van der Waals surface area contributed by atoms with E-state index in [0.29, 0.717) is 0 Å². The normalized spacial score (nSPS) is 11.7. The first-order chi connectivity index (χ1) is 5.47. The molecule has 0 heterocycles. The highest BCUT2D eigenvalue weighted by atomic mass is 32.2. The van der Waals surface area contributed by atoms with E-state index in [-0.39, 0.29) is 10.7 Å². The lowest BCUT2D eigenvalue weighted by Crippen LogP contribution is -2.26. The zero-order valence-corrected chi connectivity index (χ0v) is 7.99. The van der Waals surface area contributed by atoms with Crippen molar-refractivity contribution < 1.29 is 4.39 Å². The highest BCUT2D eigenvalue weighted by Gasteiger charge is 2.11. The Morgan fingerprint density at radius 1 is 1.25 bits per heavy atom. The summed E-state index contributed by atoms with van der Waals surface area (Å²) in [5, 5.41) is 0. The van der Waals surface area contributed by atoms with Gasteiger partial charge in [0, 0.05) is 4.90 Å². The molecule has 0 radical (unpaired) electrons. The molecule has 0 atom stereocenters. The first-order valence-electron chi connectivity index (χ1n) is 3.71. The predicted octanol–water partition coefficient (Wildman–Crippen LogP) is 2.61. The maximum Gasteiger partial charge on any atom is 0.123 e. The van der Waals surface area contributed by atoms with Gasteiger partial charge in [-0.1, -0.05) is 0 Å². The molecule has 0 fully saturated rings. The van der Waals surface area contributed by atoms with Gasteiger partial charge in [0.15, 0.2) is 0 Å². The van der Waals surface area contributed by atoms with Gasteiger partial charge in [0.05, 0.1) is 4.87 Å². The van der Waals surface area contributed by atoms with Crippen LogP contribution in [0.4, 0.5) is 4.39 Å². The molecule has 1 aromatic carbocycles. The van der Waals surface area contributed by atoms with Gasteiger partial charge in [0.2, 0.25) is 0 Å². The monoisotopic (exact) mass is 185 g/mol.